The zero-order valence-electron chi connectivity index (χ0n) is 8.53. The molecular weight excluding hydrogens is 176 g/mol. The van der Waals surface area contributed by atoms with Gasteiger partial charge in [0.05, 0.1) is 0 Å². The van der Waals surface area contributed by atoms with Gasteiger partial charge in [0.2, 0.25) is 0 Å². The van der Waals surface area contributed by atoms with Gasteiger partial charge in [-0.1, -0.05) is 18.2 Å². The van der Waals surface area contributed by atoms with Gasteiger partial charge in [-0.2, -0.15) is 0 Å². The molecular formula is C11H18N2O. The molecule has 3 heteroatoms. The number of hydrogen-bond acceptors (Lipinski definition) is 3. The maximum absolute atomic E-state index is 8.80. The van der Waals surface area contributed by atoms with Crippen molar-refractivity contribution in [1.29, 1.82) is 0 Å². The van der Waals surface area contributed by atoms with E-state index in [2.05, 4.69) is 10.6 Å². The highest BCUT2D eigenvalue weighted by Crippen LogP contribution is 2.05. The lowest BCUT2D eigenvalue weighted by atomic mass is 10.2. The van der Waals surface area contributed by atoms with E-state index >= 15 is 0 Å². The van der Waals surface area contributed by atoms with Crippen LogP contribution < -0.4 is 10.6 Å². The van der Waals surface area contributed by atoms with Crippen molar-refractivity contribution in [1.82, 2.24) is 5.32 Å². The van der Waals surface area contributed by atoms with Crippen molar-refractivity contribution in [3.8, 4) is 0 Å². The number of rotatable bonds is 6. The van der Waals surface area contributed by atoms with Gasteiger partial charge in [0.1, 0.15) is 0 Å². The quantitative estimate of drug-likeness (QED) is 0.634. The van der Waals surface area contributed by atoms with Crippen LogP contribution in [0.3, 0.4) is 0 Å². The summed E-state index contributed by atoms with van der Waals surface area (Å²) in [5, 5.41) is 15.3. The molecule has 0 heterocycles. The van der Waals surface area contributed by atoms with Crippen LogP contribution in [0.4, 0.5) is 5.69 Å². The van der Waals surface area contributed by atoms with E-state index in [1.807, 2.05) is 37.4 Å². The minimum absolute atomic E-state index is 0.224. The van der Waals surface area contributed by atoms with E-state index in [0.717, 1.165) is 18.7 Å². The van der Waals surface area contributed by atoms with Gasteiger partial charge in [-0.3, -0.25) is 0 Å². The van der Waals surface area contributed by atoms with Gasteiger partial charge in [0.25, 0.3) is 0 Å². The molecule has 3 nitrogen and oxygen atoms in total. The Morgan fingerprint density at radius 2 is 2.00 bits per heavy atom. The van der Waals surface area contributed by atoms with Crippen LogP contribution in [0.2, 0.25) is 0 Å². The molecule has 0 saturated carbocycles. The molecule has 0 bridgehead atoms. The summed E-state index contributed by atoms with van der Waals surface area (Å²) in [4.78, 5) is 0. The highest BCUT2D eigenvalue weighted by atomic mass is 16.3. The van der Waals surface area contributed by atoms with Gasteiger partial charge in [-0.25, -0.2) is 0 Å². The van der Waals surface area contributed by atoms with Gasteiger partial charge < -0.3 is 15.7 Å². The largest absolute Gasteiger partial charge is 0.396 e. The lowest BCUT2D eigenvalue weighted by Gasteiger charge is -2.16. The van der Waals surface area contributed by atoms with Gasteiger partial charge in [0.15, 0.2) is 0 Å². The zero-order chi connectivity index (χ0) is 10.2. The first-order chi connectivity index (χ1) is 6.86. The average Bonchev–Trinajstić information content (AvgIpc) is 2.25. The number of aliphatic hydroxyl groups excluding tert-OH is 1. The normalized spacial score (nSPS) is 12.4. The van der Waals surface area contributed by atoms with Crippen molar-refractivity contribution in [2.45, 2.75) is 12.5 Å². The minimum Gasteiger partial charge on any atom is -0.396 e. The number of para-hydroxylation sites is 1. The third-order valence-corrected chi connectivity index (χ3v) is 2.21. The monoisotopic (exact) mass is 194 g/mol. The summed E-state index contributed by atoms with van der Waals surface area (Å²) in [6, 6.07) is 10.4. The van der Waals surface area contributed by atoms with Gasteiger partial charge >= 0.3 is 0 Å². The molecule has 1 aromatic rings. The molecule has 1 atom stereocenters. The summed E-state index contributed by atoms with van der Waals surface area (Å²) in [7, 11) is 1.91. The van der Waals surface area contributed by atoms with E-state index in [1.54, 1.807) is 0 Å². The fourth-order valence-electron chi connectivity index (χ4n) is 1.30. The van der Waals surface area contributed by atoms with Crippen molar-refractivity contribution in [3.63, 3.8) is 0 Å². The van der Waals surface area contributed by atoms with Crippen LogP contribution in [0.5, 0.6) is 0 Å². The van der Waals surface area contributed by atoms with E-state index in [9.17, 15) is 0 Å². The Hall–Kier alpha value is -1.06. The van der Waals surface area contributed by atoms with Crippen LogP contribution in [0.15, 0.2) is 30.3 Å². The smallest absolute Gasteiger partial charge is 0.0446 e. The summed E-state index contributed by atoms with van der Waals surface area (Å²) >= 11 is 0. The predicted octanol–water partition coefficient (Wildman–Crippen LogP) is 1.07. The molecule has 0 aliphatic heterocycles. The molecule has 0 saturated heterocycles. The van der Waals surface area contributed by atoms with Crippen molar-refractivity contribution in [3.05, 3.63) is 30.3 Å². The average molecular weight is 194 g/mol. The van der Waals surface area contributed by atoms with E-state index in [4.69, 9.17) is 5.11 Å². The molecule has 1 aromatic carbocycles. The lowest BCUT2D eigenvalue weighted by molar-refractivity contribution is 0.270. The van der Waals surface area contributed by atoms with Crippen LogP contribution >= 0.6 is 0 Å². The van der Waals surface area contributed by atoms with Crippen LogP contribution in [-0.4, -0.2) is 31.3 Å². The van der Waals surface area contributed by atoms with E-state index in [1.165, 1.54) is 0 Å². The first kappa shape index (κ1) is 11.0. The summed E-state index contributed by atoms with van der Waals surface area (Å²) in [5.74, 6) is 0. The second-order valence-corrected chi connectivity index (χ2v) is 3.24. The van der Waals surface area contributed by atoms with Crippen molar-refractivity contribution in [2.75, 3.05) is 25.5 Å². The Kier molecular flexibility index (Phi) is 5.04. The fraction of sp³-hybridized carbons (Fsp3) is 0.455. The second-order valence-electron chi connectivity index (χ2n) is 3.24. The number of benzene rings is 1. The van der Waals surface area contributed by atoms with Gasteiger partial charge in [-0.15, -0.1) is 0 Å². The highest BCUT2D eigenvalue weighted by Gasteiger charge is 2.03. The Morgan fingerprint density at radius 3 is 2.57 bits per heavy atom. The van der Waals surface area contributed by atoms with Crippen molar-refractivity contribution >= 4 is 5.69 Å². The molecule has 1 unspecified atom stereocenters. The minimum atomic E-state index is 0.224. The van der Waals surface area contributed by atoms with Crippen LogP contribution in [0, 0.1) is 0 Å². The molecule has 0 fully saturated rings. The van der Waals surface area contributed by atoms with Crippen LogP contribution in [-0.2, 0) is 0 Å². The number of anilines is 1. The zero-order valence-corrected chi connectivity index (χ0v) is 8.53. The first-order valence-corrected chi connectivity index (χ1v) is 4.94. The standard InChI is InChI=1S/C11H18N2O/c1-12-11(7-8-14)9-13-10-5-3-2-4-6-10/h2-6,11-14H,7-9H2,1H3. The van der Waals surface area contributed by atoms with Gasteiger partial charge in [0, 0.05) is 24.9 Å². The Bertz CT molecular complexity index is 238. The van der Waals surface area contributed by atoms with E-state index in [-0.39, 0.29) is 6.61 Å². The molecule has 0 amide bonds. The van der Waals surface area contributed by atoms with E-state index in [0.29, 0.717) is 6.04 Å². The second kappa shape index (κ2) is 6.40. The third kappa shape index (κ3) is 3.77. The summed E-state index contributed by atoms with van der Waals surface area (Å²) < 4.78 is 0. The molecule has 0 aliphatic carbocycles. The van der Waals surface area contributed by atoms with Crippen molar-refractivity contribution < 1.29 is 5.11 Å². The highest BCUT2D eigenvalue weighted by molar-refractivity contribution is 5.42. The SMILES string of the molecule is CNC(CCO)CNc1ccccc1. The molecule has 1 rings (SSSR count). The number of hydrogen-bond donors (Lipinski definition) is 3. The Morgan fingerprint density at radius 1 is 1.29 bits per heavy atom. The van der Waals surface area contributed by atoms with Crippen molar-refractivity contribution in [2.24, 2.45) is 0 Å². The fourth-order valence-corrected chi connectivity index (χ4v) is 1.30. The number of nitrogens with one attached hydrogen (secondary N) is 2. The molecule has 0 radical (unpaired) electrons. The number of likely N-dealkylation sites (N-methyl/N-ethyl adjacent to an activating group) is 1. The molecule has 14 heavy (non-hydrogen) atoms. The van der Waals surface area contributed by atoms with Crippen LogP contribution in [0.25, 0.3) is 0 Å². The molecule has 78 valence electrons. The third-order valence-electron chi connectivity index (χ3n) is 2.21. The summed E-state index contributed by atoms with van der Waals surface area (Å²) in [6.45, 7) is 1.06. The molecule has 0 aliphatic rings. The molecule has 0 spiro atoms. The summed E-state index contributed by atoms with van der Waals surface area (Å²) in [6.07, 6.45) is 0.774. The first-order valence-electron chi connectivity index (χ1n) is 4.94. The van der Waals surface area contributed by atoms with Crippen LogP contribution in [0.1, 0.15) is 6.42 Å². The summed E-state index contributed by atoms with van der Waals surface area (Å²) in [5.41, 5.74) is 1.12. The van der Waals surface area contributed by atoms with E-state index < -0.39 is 0 Å². The maximum atomic E-state index is 8.80. The lowest BCUT2D eigenvalue weighted by Crippen LogP contribution is -2.33. The van der Waals surface area contributed by atoms with Gasteiger partial charge in [-0.05, 0) is 25.6 Å². The molecule has 0 aromatic heterocycles. The Labute approximate surface area is 85.2 Å². The Balaban J connectivity index is 2.32. The maximum Gasteiger partial charge on any atom is 0.0446 e. The predicted molar refractivity (Wildman–Crippen MR) is 59.5 cm³/mol. The number of aliphatic hydroxyl groups is 1. The molecule has 3 N–H and O–H groups in total. The topological polar surface area (TPSA) is 44.3 Å².